The number of benzene rings is 1. The lowest BCUT2D eigenvalue weighted by Gasteiger charge is -2.22. The van der Waals surface area contributed by atoms with Crippen LogP contribution in [0.5, 0.6) is 0 Å². The van der Waals surface area contributed by atoms with Crippen molar-refractivity contribution < 1.29 is 14.7 Å². The first-order valence-corrected chi connectivity index (χ1v) is 7.43. The molecule has 1 aliphatic heterocycles. The summed E-state index contributed by atoms with van der Waals surface area (Å²) >= 11 is 13.8. The third kappa shape index (κ3) is 2.98. The van der Waals surface area contributed by atoms with Crippen LogP contribution in [0.2, 0.25) is 10.0 Å². The van der Waals surface area contributed by atoms with Gasteiger partial charge in [-0.1, -0.05) is 23.2 Å². The van der Waals surface area contributed by atoms with Crippen molar-refractivity contribution in [1.82, 2.24) is 4.90 Å². The molecule has 1 amide bonds. The summed E-state index contributed by atoms with van der Waals surface area (Å²) in [5.74, 6) is -1.31. The zero-order valence-corrected chi connectivity index (χ0v) is 13.4. The number of nitrogens with zero attached hydrogens (tertiary/aromatic N) is 1. The second-order valence-electron chi connectivity index (χ2n) is 4.24. The molecule has 1 heterocycles. The molecule has 1 aromatic carbocycles. The molecule has 0 unspecified atom stereocenters. The van der Waals surface area contributed by atoms with Crippen LogP contribution in [0.15, 0.2) is 12.1 Å². The van der Waals surface area contributed by atoms with Crippen LogP contribution in [0.1, 0.15) is 23.2 Å². The fraction of sp³-hybridized carbons (Fsp3) is 0.333. The van der Waals surface area contributed by atoms with Gasteiger partial charge in [0.1, 0.15) is 6.04 Å². The standard InChI is InChI=1S/C12H10Cl2INO3/c13-6-4-7(10(15)8(14)5-6)11(17)16-3-1-2-9(16)12(18)19/h4-5,9H,1-3H2,(H,18,19)/t9-/m1/s1. The van der Waals surface area contributed by atoms with E-state index in [4.69, 9.17) is 28.3 Å². The number of carbonyl (C=O) groups excluding carboxylic acids is 1. The Hall–Kier alpha value is -0.530. The number of amides is 1. The topological polar surface area (TPSA) is 57.6 Å². The lowest BCUT2D eigenvalue weighted by Crippen LogP contribution is -2.40. The molecule has 0 bridgehead atoms. The van der Waals surface area contributed by atoms with Crippen molar-refractivity contribution in [1.29, 1.82) is 0 Å². The smallest absolute Gasteiger partial charge is 0.326 e. The highest BCUT2D eigenvalue weighted by atomic mass is 127. The van der Waals surface area contributed by atoms with E-state index in [1.54, 1.807) is 6.07 Å². The van der Waals surface area contributed by atoms with E-state index in [9.17, 15) is 9.59 Å². The van der Waals surface area contributed by atoms with Crippen LogP contribution in [0.25, 0.3) is 0 Å². The fourth-order valence-electron chi connectivity index (χ4n) is 2.13. The van der Waals surface area contributed by atoms with Crippen LogP contribution in [0.4, 0.5) is 0 Å². The first-order chi connectivity index (χ1) is 8.91. The summed E-state index contributed by atoms with van der Waals surface area (Å²) < 4.78 is 0.588. The largest absolute Gasteiger partial charge is 0.480 e. The van der Waals surface area contributed by atoms with Crippen LogP contribution < -0.4 is 0 Å². The van der Waals surface area contributed by atoms with E-state index < -0.39 is 12.0 Å². The maximum atomic E-state index is 12.4. The lowest BCUT2D eigenvalue weighted by atomic mass is 10.1. The summed E-state index contributed by atoms with van der Waals surface area (Å²) in [6.45, 7) is 0.440. The molecule has 1 aliphatic rings. The highest BCUT2D eigenvalue weighted by Crippen LogP contribution is 2.29. The second kappa shape index (κ2) is 5.85. The molecule has 102 valence electrons. The minimum atomic E-state index is -0.978. The van der Waals surface area contributed by atoms with Gasteiger partial charge in [-0.05, 0) is 47.6 Å². The van der Waals surface area contributed by atoms with Crippen molar-refractivity contribution >= 4 is 57.7 Å². The van der Waals surface area contributed by atoms with Crippen molar-refractivity contribution in [2.45, 2.75) is 18.9 Å². The van der Waals surface area contributed by atoms with E-state index >= 15 is 0 Å². The molecule has 1 aromatic rings. The van der Waals surface area contributed by atoms with Crippen LogP contribution in [-0.2, 0) is 4.79 Å². The van der Waals surface area contributed by atoms with Gasteiger partial charge >= 0.3 is 5.97 Å². The van der Waals surface area contributed by atoms with Crippen molar-refractivity contribution in [3.63, 3.8) is 0 Å². The normalized spacial score (nSPS) is 18.7. The monoisotopic (exact) mass is 413 g/mol. The SMILES string of the molecule is O=C(O)[C@H]1CCCN1C(=O)c1cc(Cl)cc(Cl)c1I. The molecule has 1 saturated heterocycles. The molecule has 19 heavy (non-hydrogen) atoms. The number of carbonyl (C=O) groups is 2. The Balaban J connectivity index is 2.37. The highest BCUT2D eigenvalue weighted by Gasteiger charge is 2.35. The number of rotatable bonds is 2. The molecule has 4 nitrogen and oxygen atoms in total. The van der Waals surface area contributed by atoms with E-state index in [-0.39, 0.29) is 5.91 Å². The third-order valence-electron chi connectivity index (χ3n) is 3.02. The molecular weight excluding hydrogens is 404 g/mol. The van der Waals surface area contributed by atoms with Gasteiger partial charge in [0, 0.05) is 15.1 Å². The Labute approximate surface area is 133 Å². The van der Waals surface area contributed by atoms with Crippen molar-refractivity contribution in [3.8, 4) is 0 Å². The number of carboxylic acids is 1. The first-order valence-electron chi connectivity index (χ1n) is 5.60. The average molecular weight is 414 g/mol. The number of halogens is 3. The van der Waals surface area contributed by atoms with Gasteiger partial charge in [-0.3, -0.25) is 4.79 Å². The van der Waals surface area contributed by atoms with Gasteiger partial charge in [0.2, 0.25) is 0 Å². The van der Waals surface area contributed by atoms with Gasteiger partial charge in [0.15, 0.2) is 0 Å². The zero-order chi connectivity index (χ0) is 14.2. The molecule has 0 aromatic heterocycles. The summed E-state index contributed by atoms with van der Waals surface area (Å²) in [4.78, 5) is 24.9. The molecule has 2 rings (SSSR count). The highest BCUT2D eigenvalue weighted by molar-refractivity contribution is 14.1. The Kier molecular flexibility index (Phi) is 4.58. The molecular formula is C12H10Cl2INO3. The van der Waals surface area contributed by atoms with Gasteiger partial charge in [-0.15, -0.1) is 0 Å². The Morgan fingerprint density at radius 1 is 1.37 bits per heavy atom. The molecule has 1 fully saturated rings. The van der Waals surface area contributed by atoms with E-state index in [1.807, 2.05) is 22.6 Å². The first kappa shape index (κ1) is 14.9. The Bertz CT molecular complexity index is 550. The summed E-state index contributed by atoms with van der Waals surface area (Å²) in [7, 11) is 0. The van der Waals surface area contributed by atoms with Crippen molar-refractivity contribution in [3.05, 3.63) is 31.3 Å². The van der Waals surface area contributed by atoms with E-state index in [1.165, 1.54) is 11.0 Å². The summed E-state index contributed by atoms with van der Waals surface area (Å²) in [6, 6.07) is 2.32. The third-order valence-corrected chi connectivity index (χ3v) is 5.02. The van der Waals surface area contributed by atoms with Crippen LogP contribution in [0, 0.1) is 3.57 Å². The minimum Gasteiger partial charge on any atom is -0.480 e. The number of hydrogen-bond acceptors (Lipinski definition) is 2. The van der Waals surface area contributed by atoms with Gasteiger partial charge in [-0.25, -0.2) is 4.79 Å². The van der Waals surface area contributed by atoms with Crippen LogP contribution >= 0.6 is 45.8 Å². The molecule has 1 N–H and O–H groups in total. The van der Waals surface area contributed by atoms with E-state index in [0.717, 1.165) is 0 Å². The average Bonchev–Trinajstić information content (AvgIpc) is 2.82. The summed E-state index contributed by atoms with van der Waals surface area (Å²) in [5.41, 5.74) is 0.353. The maximum Gasteiger partial charge on any atom is 0.326 e. The van der Waals surface area contributed by atoms with Gasteiger partial charge in [0.25, 0.3) is 5.91 Å². The molecule has 0 aliphatic carbocycles. The maximum absolute atomic E-state index is 12.4. The number of hydrogen-bond donors (Lipinski definition) is 1. The Morgan fingerprint density at radius 2 is 2.05 bits per heavy atom. The lowest BCUT2D eigenvalue weighted by molar-refractivity contribution is -0.141. The van der Waals surface area contributed by atoms with Gasteiger partial charge < -0.3 is 10.0 Å². The molecule has 0 saturated carbocycles. The second-order valence-corrected chi connectivity index (χ2v) is 6.17. The zero-order valence-electron chi connectivity index (χ0n) is 9.70. The summed E-state index contributed by atoms with van der Waals surface area (Å²) in [6.07, 6.45) is 1.17. The fourth-order valence-corrected chi connectivity index (χ4v) is 3.17. The Morgan fingerprint density at radius 3 is 2.68 bits per heavy atom. The molecule has 0 spiro atoms. The predicted octanol–water partition coefficient (Wildman–Crippen LogP) is 3.29. The van der Waals surface area contributed by atoms with Crippen molar-refractivity contribution in [2.24, 2.45) is 0 Å². The minimum absolute atomic E-state index is 0.335. The van der Waals surface area contributed by atoms with E-state index in [2.05, 4.69) is 0 Å². The quantitative estimate of drug-likeness (QED) is 0.597. The molecule has 0 radical (unpaired) electrons. The van der Waals surface area contributed by atoms with Crippen LogP contribution in [-0.4, -0.2) is 34.5 Å². The molecule has 7 heteroatoms. The van der Waals surface area contributed by atoms with E-state index in [0.29, 0.717) is 38.6 Å². The molecule has 1 atom stereocenters. The number of likely N-dealkylation sites (tertiary alicyclic amines) is 1. The van der Waals surface area contributed by atoms with Gasteiger partial charge in [0.05, 0.1) is 10.6 Å². The van der Waals surface area contributed by atoms with Crippen molar-refractivity contribution in [2.75, 3.05) is 6.54 Å². The predicted molar refractivity (Wildman–Crippen MR) is 80.9 cm³/mol. The van der Waals surface area contributed by atoms with Crippen LogP contribution in [0.3, 0.4) is 0 Å². The van der Waals surface area contributed by atoms with Gasteiger partial charge in [-0.2, -0.15) is 0 Å². The number of aliphatic carboxylic acids is 1. The number of carboxylic acid groups (broad SMARTS) is 1. The summed E-state index contributed by atoms with van der Waals surface area (Å²) in [5, 5.41) is 9.86.